The lowest BCUT2D eigenvalue weighted by Gasteiger charge is -2.14. The zero-order valence-electron chi connectivity index (χ0n) is 30.8. The Kier molecular flexibility index (Phi) is 6.02. The van der Waals surface area contributed by atoms with E-state index in [1.54, 1.807) is 11.3 Å². The Bertz CT molecular complexity index is 3930. The fourth-order valence-electron chi connectivity index (χ4n) is 9.89. The minimum absolute atomic E-state index is 0.842. The predicted octanol–water partition coefficient (Wildman–Crippen LogP) is 14.7. The predicted molar refractivity (Wildman–Crippen MR) is 246 cm³/mol. The number of aromatic nitrogens is 4. The number of rotatable bonds is 2. The number of thiophene rings is 2. The van der Waals surface area contributed by atoms with Gasteiger partial charge in [-0.1, -0.05) is 127 Å². The molecule has 0 radical (unpaired) electrons. The van der Waals surface area contributed by atoms with Crippen LogP contribution < -0.4 is 0 Å². The average Bonchev–Trinajstić information content (AvgIpc) is 4.00. The first-order chi connectivity index (χ1) is 28.8. The maximum Gasteiger partial charge on any atom is 0.165 e. The van der Waals surface area contributed by atoms with Crippen molar-refractivity contribution in [3.8, 4) is 45.0 Å². The molecule has 1 aliphatic rings. The van der Waals surface area contributed by atoms with Gasteiger partial charge in [0.2, 0.25) is 0 Å². The van der Waals surface area contributed by atoms with E-state index in [1.165, 1.54) is 85.4 Å². The lowest BCUT2D eigenvalue weighted by atomic mass is 9.94. The van der Waals surface area contributed by atoms with Crippen molar-refractivity contribution in [2.75, 3.05) is 0 Å². The van der Waals surface area contributed by atoms with Crippen LogP contribution >= 0.6 is 22.7 Å². The van der Waals surface area contributed by atoms with Crippen molar-refractivity contribution in [3.05, 3.63) is 170 Å². The number of para-hydroxylation sites is 3. The molecule has 268 valence electrons. The molecule has 0 amide bonds. The summed E-state index contributed by atoms with van der Waals surface area (Å²) in [4.78, 5) is 12.3. The highest BCUT2D eigenvalue weighted by atomic mass is 32.1. The molecule has 8 aromatic carbocycles. The molecule has 0 bridgehead atoms. The van der Waals surface area contributed by atoms with E-state index >= 15 is 0 Å². The maximum absolute atomic E-state index is 5.72. The molecule has 0 spiro atoms. The molecule has 13 aromatic rings. The van der Waals surface area contributed by atoms with E-state index in [0.717, 1.165) is 43.8 Å². The summed E-state index contributed by atoms with van der Waals surface area (Å²) in [5.74, 6) is 0.842. The highest BCUT2D eigenvalue weighted by Gasteiger charge is 2.27. The first kappa shape index (κ1) is 31.0. The number of benzene rings is 8. The van der Waals surface area contributed by atoms with Gasteiger partial charge < -0.3 is 4.57 Å². The van der Waals surface area contributed by atoms with Gasteiger partial charge >= 0.3 is 0 Å². The molecule has 0 N–H and O–H groups in total. The van der Waals surface area contributed by atoms with Gasteiger partial charge in [-0.3, -0.25) is 4.57 Å². The summed E-state index contributed by atoms with van der Waals surface area (Å²) < 4.78 is 8.62. The summed E-state index contributed by atoms with van der Waals surface area (Å²) >= 11 is 3.56. The highest BCUT2D eigenvalue weighted by molar-refractivity contribution is 7.26. The number of hydrogen-bond acceptors (Lipinski definition) is 4. The lowest BCUT2D eigenvalue weighted by Crippen LogP contribution is -2.03. The maximum atomic E-state index is 5.72. The largest absolute Gasteiger partial charge is 0.308 e. The fraction of sp³-hybridized carbons (Fsp3) is 0. The van der Waals surface area contributed by atoms with Gasteiger partial charge in [-0.15, -0.1) is 22.7 Å². The van der Waals surface area contributed by atoms with Gasteiger partial charge in [-0.2, -0.15) is 0 Å². The van der Waals surface area contributed by atoms with E-state index in [-0.39, 0.29) is 0 Å². The quantitative estimate of drug-likeness (QED) is 0.175. The van der Waals surface area contributed by atoms with Crippen molar-refractivity contribution in [3.63, 3.8) is 0 Å². The van der Waals surface area contributed by atoms with Crippen molar-refractivity contribution in [2.45, 2.75) is 0 Å². The molecule has 0 unspecified atom stereocenters. The summed E-state index contributed by atoms with van der Waals surface area (Å²) in [6, 6.07) is 62.2. The Hall–Kier alpha value is -7.12. The van der Waals surface area contributed by atoms with Crippen LogP contribution in [0.15, 0.2) is 170 Å². The summed E-state index contributed by atoms with van der Waals surface area (Å²) in [7, 11) is 0. The third-order valence-corrected chi connectivity index (χ3v) is 14.5. The van der Waals surface area contributed by atoms with Crippen molar-refractivity contribution in [2.24, 2.45) is 0 Å². The van der Waals surface area contributed by atoms with Crippen LogP contribution in [0.3, 0.4) is 0 Å². The molecule has 0 aliphatic carbocycles. The van der Waals surface area contributed by atoms with Gasteiger partial charge in [-0.05, 0) is 53.6 Å². The molecule has 6 heteroatoms. The standard InChI is InChI=1S/C52H28N4S2/c1-2-14-30-29(13-1)31-15-3-7-22-40(31)55-42-27-38-32-16-4-8-23-41(32)56(43(38)28-39(42)34-20-11-19-33(30)50(34)55)51-48(54-52-49(53-51)36-18-6-10-25-45(36)58-52)37-21-12-26-46-47(37)35-17-5-9-24-44(35)57-46/h1-28H. The molecule has 0 fully saturated rings. The number of hydrogen-bond donors (Lipinski definition) is 0. The fourth-order valence-corrected chi connectivity index (χ4v) is 12.0. The van der Waals surface area contributed by atoms with Crippen molar-refractivity contribution in [1.82, 2.24) is 19.1 Å². The highest BCUT2D eigenvalue weighted by Crippen LogP contribution is 2.49. The van der Waals surface area contributed by atoms with Crippen LogP contribution in [0.5, 0.6) is 0 Å². The number of fused-ring (bicyclic) bond motifs is 17. The molecule has 14 rings (SSSR count). The Balaban J connectivity index is 1.16. The second kappa shape index (κ2) is 11.3. The minimum atomic E-state index is 0.842. The van der Waals surface area contributed by atoms with Crippen molar-refractivity contribution < 1.29 is 0 Å². The summed E-state index contributed by atoms with van der Waals surface area (Å²) in [6.07, 6.45) is 0. The van der Waals surface area contributed by atoms with E-state index in [0.29, 0.717) is 0 Å². The van der Waals surface area contributed by atoms with Crippen LogP contribution in [0.25, 0.3) is 129 Å². The van der Waals surface area contributed by atoms with Crippen LogP contribution in [-0.2, 0) is 0 Å². The van der Waals surface area contributed by atoms with Crippen LogP contribution in [-0.4, -0.2) is 19.1 Å². The first-order valence-electron chi connectivity index (χ1n) is 19.6. The van der Waals surface area contributed by atoms with Gasteiger partial charge in [0.25, 0.3) is 0 Å². The van der Waals surface area contributed by atoms with Crippen LogP contribution in [0.4, 0.5) is 0 Å². The third kappa shape index (κ3) is 3.98. The van der Waals surface area contributed by atoms with Gasteiger partial charge in [0, 0.05) is 68.5 Å². The van der Waals surface area contributed by atoms with Crippen LogP contribution in [0.1, 0.15) is 0 Å². The molecule has 4 nitrogen and oxygen atoms in total. The molecule has 0 saturated carbocycles. The van der Waals surface area contributed by atoms with Crippen LogP contribution in [0.2, 0.25) is 0 Å². The summed E-state index contributed by atoms with van der Waals surface area (Å²) in [5.41, 5.74) is 13.8. The smallest absolute Gasteiger partial charge is 0.165 e. The average molecular weight is 773 g/mol. The summed E-state index contributed by atoms with van der Waals surface area (Å²) in [5, 5.41) is 8.43. The van der Waals surface area contributed by atoms with Crippen molar-refractivity contribution in [1.29, 1.82) is 0 Å². The van der Waals surface area contributed by atoms with Gasteiger partial charge in [-0.25, -0.2) is 9.97 Å². The first-order valence-corrected chi connectivity index (χ1v) is 21.2. The van der Waals surface area contributed by atoms with E-state index in [9.17, 15) is 0 Å². The molecule has 0 atom stereocenters. The summed E-state index contributed by atoms with van der Waals surface area (Å²) in [6.45, 7) is 0. The van der Waals surface area contributed by atoms with Gasteiger partial charge in [0.1, 0.15) is 16.0 Å². The molecule has 0 saturated heterocycles. The SMILES string of the molecule is c1ccc2c(c1)-c1ccccc1-n1c3cc4c5ccccc5n(-c5nc6c(nc5-c5cccc7sc8ccccc8c57)sc5ccccc56)c4cc3c3cccc-2c31. The zero-order valence-corrected chi connectivity index (χ0v) is 32.4. The van der Waals surface area contributed by atoms with Gasteiger partial charge in [0.15, 0.2) is 5.82 Å². The Morgan fingerprint density at radius 2 is 0.966 bits per heavy atom. The Morgan fingerprint density at radius 1 is 0.379 bits per heavy atom. The second-order valence-electron chi connectivity index (χ2n) is 15.3. The molecule has 5 aromatic heterocycles. The number of nitrogens with zero attached hydrogens (tertiary/aromatic N) is 4. The third-order valence-electron chi connectivity index (χ3n) is 12.3. The van der Waals surface area contributed by atoms with E-state index in [1.807, 2.05) is 11.3 Å². The topological polar surface area (TPSA) is 35.6 Å². The van der Waals surface area contributed by atoms with E-state index < -0.39 is 0 Å². The van der Waals surface area contributed by atoms with E-state index in [4.69, 9.17) is 9.97 Å². The van der Waals surface area contributed by atoms with Gasteiger partial charge in [0.05, 0.1) is 27.8 Å². The monoisotopic (exact) mass is 772 g/mol. The van der Waals surface area contributed by atoms with Crippen molar-refractivity contribution >= 4 is 107 Å². The molecule has 1 aliphatic heterocycles. The normalized spacial score (nSPS) is 12.5. The lowest BCUT2D eigenvalue weighted by molar-refractivity contribution is 1.09. The minimum Gasteiger partial charge on any atom is -0.308 e. The Morgan fingerprint density at radius 3 is 1.83 bits per heavy atom. The van der Waals surface area contributed by atoms with Crippen LogP contribution in [0, 0.1) is 0 Å². The zero-order chi connectivity index (χ0) is 37.6. The molecule has 6 heterocycles. The Labute approximate surface area is 339 Å². The van der Waals surface area contributed by atoms with E-state index in [2.05, 4.69) is 179 Å². The molecular formula is C52H28N4S2. The molecular weight excluding hydrogens is 745 g/mol. The molecule has 58 heavy (non-hydrogen) atoms. The second-order valence-corrected chi connectivity index (χ2v) is 17.4.